The number of ether oxygens (including phenoxy) is 5. The summed E-state index contributed by atoms with van der Waals surface area (Å²) in [5.74, 6) is -3.10. The first-order valence-corrected chi connectivity index (χ1v) is 33.6. The highest BCUT2D eigenvalue weighted by atomic mass is 16.7. The monoisotopic (exact) mass is 1140 g/mol. The molecule has 12 nitrogen and oxygen atoms in total. The van der Waals surface area contributed by atoms with E-state index in [4.69, 9.17) is 23.7 Å². The maximum Gasteiger partial charge on any atom is 0.335 e. The van der Waals surface area contributed by atoms with Crippen molar-refractivity contribution in [2.75, 3.05) is 13.2 Å². The molecule has 0 amide bonds. The summed E-state index contributed by atoms with van der Waals surface area (Å²) < 4.78 is 28.6. The molecule has 1 heterocycles. The highest BCUT2D eigenvalue weighted by Gasteiger charge is 2.50. The Kier molecular flexibility index (Phi) is 53.4. The van der Waals surface area contributed by atoms with Crippen LogP contribution < -0.4 is 0 Å². The van der Waals surface area contributed by atoms with Crippen LogP contribution in [0.15, 0.2) is 48.6 Å². The number of carbonyl (C=O) groups excluding carboxylic acids is 3. The second-order valence-electron chi connectivity index (χ2n) is 23.1. The van der Waals surface area contributed by atoms with Gasteiger partial charge in [0.1, 0.15) is 18.8 Å². The number of aliphatic hydroxyl groups is 2. The molecular weight excluding hydrogens is 1020 g/mol. The third-order valence-electron chi connectivity index (χ3n) is 15.4. The summed E-state index contributed by atoms with van der Waals surface area (Å²) in [6.45, 7) is 5.92. The number of unbranched alkanes of at least 4 members (excludes halogenated alkanes) is 36. The molecule has 3 N–H and O–H groups in total. The lowest BCUT2D eigenvalue weighted by Gasteiger charge is -2.40. The molecule has 0 radical (unpaired) electrons. The molecule has 470 valence electrons. The van der Waals surface area contributed by atoms with E-state index in [1.54, 1.807) is 0 Å². The molecule has 0 aliphatic carbocycles. The summed E-state index contributed by atoms with van der Waals surface area (Å²) in [6.07, 6.45) is 57.8. The van der Waals surface area contributed by atoms with Gasteiger partial charge in [0.25, 0.3) is 0 Å². The van der Waals surface area contributed by atoms with Gasteiger partial charge in [-0.2, -0.15) is 0 Å². The standard InChI is InChI=1S/C69H122O12/c1-4-7-10-13-16-19-22-25-28-30-31-33-35-37-40-43-46-49-52-55-61(70)77-58-60(79-62(71)56-53-50-47-44-41-39-36-32-29-26-23-20-17-14-11-8-5-2)59-78-69-67(65(74)64(73)66(81-69)68(75)76)80-63(72)57-54-51-48-45-42-38-34-27-24-21-18-15-12-9-6-3/h8,11,17,20,25-26,28-29,60,64-67,69,73-74H,4-7,9-10,12-16,18-19,21-24,27,30-59H2,1-3H3,(H,75,76)/b11-8-,20-17-,28-25-,29-26-. The summed E-state index contributed by atoms with van der Waals surface area (Å²) in [5, 5.41) is 31.6. The molecule has 0 aromatic heterocycles. The lowest BCUT2D eigenvalue weighted by molar-refractivity contribution is -0.301. The van der Waals surface area contributed by atoms with Crippen molar-refractivity contribution in [3.05, 3.63) is 48.6 Å². The zero-order valence-electron chi connectivity index (χ0n) is 52.0. The molecule has 0 bridgehead atoms. The van der Waals surface area contributed by atoms with Gasteiger partial charge in [-0.3, -0.25) is 14.4 Å². The topological polar surface area (TPSA) is 175 Å². The maximum absolute atomic E-state index is 13.2. The minimum atomic E-state index is -1.90. The van der Waals surface area contributed by atoms with Gasteiger partial charge in [0.15, 0.2) is 24.6 Å². The number of rotatable bonds is 58. The first-order chi connectivity index (χ1) is 39.6. The molecular formula is C69H122O12. The average Bonchev–Trinajstić information content (AvgIpc) is 3.52. The van der Waals surface area contributed by atoms with E-state index in [1.165, 1.54) is 148 Å². The van der Waals surface area contributed by atoms with Crippen molar-refractivity contribution in [3.63, 3.8) is 0 Å². The van der Waals surface area contributed by atoms with Crippen molar-refractivity contribution >= 4 is 23.9 Å². The number of aliphatic carboxylic acids is 1. The summed E-state index contributed by atoms with van der Waals surface area (Å²) in [7, 11) is 0. The Morgan fingerprint density at radius 2 is 0.778 bits per heavy atom. The van der Waals surface area contributed by atoms with Gasteiger partial charge in [-0.15, -0.1) is 0 Å². The summed E-state index contributed by atoms with van der Waals surface area (Å²) in [6, 6.07) is 0. The second-order valence-corrected chi connectivity index (χ2v) is 23.1. The Balaban J connectivity index is 2.64. The normalized spacial score (nSPS) is 18.0. The van der Waals surface area contributed by atoms with Crippen molar-refractivity contribution in [1.29, 1.82) is 0 Å². The fraction of sp³-hybridized carbons (Fsp3) is 0.826. The first-order valence-electron chi connectivity index (χ1n) is 33.6. The van der Waals surface area contributed by atoms with Gasteiger partial charge in [0, 0.05) is 19.3 Å². The van der Waals surface area contributed by atoms with E-state index in [0.29, 0.717) is 19.3 Å². The van der Waals surface area contributed by atoms with Crippen molar-refractivity contribution in [1.82, 2.24) is 0 Å². The van der Waals surface area contributed by atoms with E-state index >= 15 is 0 Å². The molecule has 1 aliphatic rings. The molecule has 1 rings (SSSR count). The van der Waals surface area contributed by atoms with E-state index in [2.05, 4.69) is 69.4 Å². The van der Waals surface area contributed by atoms with Gasteiger partial charge >= 0.3 is 23.9 Å². The SMILES string of the molecule is CC/C=C\C/C=C\C/C=C\CCCCCCCCCC(=O)OC(COC(=O)CCCCCCCCCCC/C=C\CCCCCCCC)COC1OC(C(=O)O)C(O)C(O)C1OC(=O)CCCCCCCCCCCCCCCCC. The lowest BCUT2D eigenvalue weighted by atomic mass is 9.98. The fourth-order valence-corrected chi connectivity index (χ4v) is 10.3. The molecule has 6 atom stereocenters. The van der Waals surface area contributed by atoms with Gasteiger partial charge in [-0.25, -0.2) is 4.79 Å². The van der Waals surface area contributed by atoms with Crippen LogP contribution in [0.5, 0.6) is 0 Å². The summed E-state index contributed by atoms with van der Waals surface area (Å²) in [5.41, 5.74) is 0. The number of carbonyl (C=O) groups is 4. The van der Waals surface area contributed by atoms with Crippen LogP contribution in [-0.2, 0) is 42.9 Å². The van der Waals surface area contributed by atoms with Crippen molar-refractivity contribution in [3.8, 4) is 0 Å². The minimum absolute atomic E-state index is 0.0637. The smallest absolute Gasteiger partial charge is 0.335 e. The molecule has 0 saturated carbocycles. The van der Waals surface area contributed by atoms with E-state index in [0.717, 1.165) is 109 Å². The number of hydrogen-bond acceptors (Lipinski definition) is 11. The fourth-order valence-electron chi connectivity index (χ4n) is 10.3. The van der Waals surface area contributed by atoms with Crippen LogP contribution in [0.25, 0.3) is 0 Å². The predicted octanol–water partition coefficient (Wildman–Crippen LogP) is 18.1. The molecule has 1 aliphatic heterocycles. The van der Waals surface area contributed by atoms with Crippen LogP contribution in [0.4, 0.5) is 0 Å². The molecule has 1 fully saturated rings. The van der Waals surface area contributed by atoms with E-state index in [-0.39, 0.29) is 25.9 Å². The quantitative estimate of drug-likeness (QED) is 0.0228. The number of hydrogen-bond donors (Lipinski definition) is 3. The van der Waals surface area contributed by atoms with Crippen LogP contribution in [0.2, 0.25) is 0 Å². The van der Waals surface area contributed by atoms with E-state index < -0.39 is 67.3 Å². The second kappa shape index (κ2) is 57.1. The van der Waals surface area contributed by atoms with Gasteiger partial charge in [-0.05, 0) is 77.0 Å². The maximum atomic E-state index is 13.2. The largest absolute Gasteiger partial charge is 0.479 e. The Hall–Kier alpha value is -3.32. The number of carboxylic acids is 1. The lowest BCUT2D eigenvalue weighted by Crippen LogP contribution is -2.61. The number of aliphatic hydroxyl groups excluding tert-OH is 2. The average molecular weight is 1140 g/mol. The van der Waals surface area contributed by atoms with Gasteiger partial charge in [-0.1, -0.05) is 268 Å². The van der Waals surface area contributed by atoms with E-state index in [1.807, 2.05) is 0 Å². The first kappa shape index (κ1) is 75.7. The zero-order valence-corrected chi connectivity index (χ0v) is 52.0. The van der Waals surface area contributed by atoms with Crippen molar-refractivity contribution in [2.24, 2.45) is 0 Å². The highest BCUT2D eigenvalue weighted by Crippen LogP contribution is 2.27. The third kappa shape index (κ3) is 46.7. The Bertz CT molecular complexity index is 1590. The van der Waals surface area contributed by atoms with Crippen LogP contribution in [0, 0.1) is 0 Å². The van der Waals surface area contributed by atoms with Crippen molar-refractivity contribution < 1.29 is 58.2 Å². The molecule has 81 heavy (non-hydrogen) atoms. The number of carboxylic acid groups (broad SMARTS) is 1. The van der Waals surface area contributed by atoms with Crippen LogP contribution in [-0.4, -0.2) is 89.2 Å². The van der Waals surface area contributed by atoms with Gasteiger partial charge in [0.05, 0.1) is 6.61 Å². The summed E-state index contributed by atoms with van der Waals surface area (Å²) in [4.78, 5) is 51.4. The molecule has 0 aromatic rings. The molecule has 6 unspecified atom stereocenters. The Labute approximate surface area is 494 Å². The predicted molar refractivity (Wildman–Crippen MR) is 331 cm³/mol. The van der Waals surface area contributed by atoms with Crippen LogP contribution in [0.3, 0.4) is 0 Å². The molecule has 12 heteroatoms. The van der Waals surface area contributed by atoms with Gasteiger partial charge < -0.3 is 39.0 Å². The zero-order chi connectivity index (χ0) is 58.9. The van der Waals surface area contributed by atoms with Crippen LogP contribution in [0.1, 0.15) is 316 Å². The molecule has 0 aromatic carbocycles. The molecule has 1 saturated heterocycles. The van der Waals surface area contributed by atoms with Crippen molar-refractivity contribution in [2.45, 2.75) is 353 Å². The summed E-state index contributed by atoms with van der Waals surface area (Å²) >= 11 is 0. The molecule has 0 spiro atoms. The van der Waals surface area contributed by atoms with Crippen LogP contribution >= 0.6 is 0 Å². The number of allylic oxidation sites excluding steroid dienone is 8. The minimum Gasteiger partial charge on any atom is -0.479 e. The Morgan fingerprint density at radius 1 is 0.420 bits per heavy atom. The van der Waals surface area contributed by atoms with E-state index in [9.17, 15) is 34.5 Å². The number of esters is 3. The third-order valence-corrected chi connectivity index (χ3v) is 15.4. The highest BCUT2D eigenvalue weighted by molar-refractivity contribution is 5.74. The Morgan fingerprint density at radius 3 is 1.20 bits per heavy atom. The van der Waals surface area contributed by atoms with Gasteiger partial charge in [0.2, 0.25) is 0 Å².